The van der Waals surface area contributed by atoms with Gasteiger partial charge in [0.05, 0.1) is 18.7 Å². The number of nitrogens with two attached hydrogens (primary N) is 1. The predicted molar refractivity (Wildman–Crippen MR) is 80.3 cm³/mol. The van der Waals surface area contributed by atoms with E-state index in [1.807, 2.05) is 0 Å². The number of hydrogen-bond acceptors (Lipinski definition) is 5. The maximum Gasteiger partial charge on any atom is 0.337 e. The summed E-state index contributed by atoms with van der Waals surface area (Å²) in [6.45, 7) is 1.40. The Labute approximate surface area is 132 Å². The summed E-state index contributed by atoms with van der Waals surface area (Å²) in [6.07, 6.45) is 0. The fourth-order valence-electron chi connectivity index (χ4n) is 2.24. The highest BCUT2D eigenvalue weighted by Crippen LogP contribution is 2.28. The van der Waals surface area contributed by atoms with Crippen LogP contribution in [0.5, 0.6) is 5.75 Å². The van der Waals surface area contributed by atoms with Crippen molar-refractivity contribution in [1.82, 2.24) is 10.6 Å². The van der Waals surface area contributed by atoms with Gasteiger partial charge in [-0.2, -0.15) is 0 Å². The number of primary amides is 1. The lowest BCUT2D eigenvalue weighted by Gasteiger charge is -2.27. The van der Waals surface area contributed by atoms with Gasteiger partial charge in [-0.25, -0.2) is 9.59 Å². The molecule has 1 aliphatic rings. The molecule has 1 heterocycles. The van der Waals surface area contributed by atoms with Crippen LogP contribution < -0.4 is 21.1 Å². The van der Waals surface area contributed by atoms with E-state index in [-0.39, 0.29) is 6.61 Å². The van der Waals surface area contributed by atoms with Gasteiger partial charge in [0.15, 0.2) is 6.61 Å². The molecule has 1 aromatic rings. The Bertz CT molecular complexity index is 666. The molecular formula is C15H17N3O5. The van der Waals surface area contributed by atoms with Crippen molar-refractivity contribution in [1.29, 1.82) is 0 Å². The van der Waals surface area contributed by atoms with E-state index in [0.717, 1.165) is 0 Å². The van der Waals surface area contributed by atoms with Gasteiger partial charge in [-0.3, -0.25) is 4.79 Å². The van der Waals surface area contributed by atoms with Crippen LogP contribution in [0.25, 0.3) is 0 Å². The SMILES string of the molecule is COC(=O)C1=C(C)NC(=O)N[C@H]1c1ccc(OCC(N)=O)cc1. The molecule has 0 radical (unpaired) electrons. The van der Waals surface area contributed by atoms with E-state index in [1.54, 1.807) is 31.2 Å². The van der Waals surface area contributed by atoms with Crippen molar-refractivity contribution < 1.29 is 23.9 Å². The number of amides is 3. The summed E-state index contributed by atoms with van der Waals surface area (Å²) in [4.78, 5) is 34.3. The Morgan fingerprint density at radius 2 is 1.91 bits per heavy atom. The summed E-state index contributed by atoms with van der Waals surface area (Å²) in [5, 5.41) is 5.22. The van der Waals surface area contributed by atoms with Gasteiger partial charge >= 0.3 is 12.0 Å². The molecule has 3 amide bonds. The first-order valence-corrected chi connectivity index (χ1v) is 6.80. The molecule has 1 aliphatic heterocycles. The lowest BCUT2D eigenvalue weighted by atomic mass is 9.95. The van der Waals surface area contributed by atoms with Crippen molar-refractivity contribution >= 4 is 17.9 Å². The molecule has 23 heavy (non-hydrogen) atoms. The van der Waals surface area contributed by atoms with Gasteiger partial charge in [0.2, 0.25) is 0 Å². The summed E-state index contributed by atoms with van der Waals surface area (Å²) >= 11 is 0. The van der Waals surface area contributed by atoms with Crippen LogP contribution in [0.1, 0.15) is 18.5 Å². The molecule has 2 rings (SSSR count). The van der Waals surface area contributed by atoms with Crippen molar-refractivity contribution in [2.24, 2.45) is 5.73 Å². The number of esters is 1. The van der Waals surface area contributed by atoms with Crippen molar-refractivity contribution in [3.63, 3.8) is 0 Å². The van der Waals surface area contributed by atoms with Crippen LogP contribution in [0.15, 0.2) is 35.5 Å². The van der Waals surface area contributed by atoms with E-state index in [4.69, 9.17) is 15.2 Å². The van der Waals surface area contributed by atoms with Crippen LogP contribution in [0.2, 0.25) is 0 Å². The zero-order valence-electron chi connectivity index (χ0n) is 12.7. The smallest absolute Gasteiger partial charge is 0.337 e. The number of ether oxygens (including phenoxy) is 2. The third-order valence-corrected chi connectivity index (χ3v) is 3.27. The minimum Gasteiger partial charge on any atom is -0.484 e. The zero-order chi connectivity index (χ0) is 17.0. The maximum absolute atomic E-state index is 12.0. The molecule has 0 bridgehead atoms. The van der Waals surface area contributed by atoms with E-state index >= 15 is 0 Å². The number of benzene rings is 1. The Morgan fingerprint density at radius 1 is 1.26 bits per heavy atom. The first kappa shape index (κ1) is 16.3. The second kappa shape index (κ2) is 6.82. The summed E-state index contributed by atoms with van der Waals surface area (Å²) in [5.74, 6) is -0.659. The van der Waals surface area contributed by atoms with Gasteiger partial charge in [0.25, 0.3) is 5.91 Å². The number of carbonyl (C=O) groups excluding carboxylic acids is 3. The van der Waals surface area contributed by atoms with E-state index in [9.17, 15) is 14.4 Å². The Hall–Kier alpha value is -3.03. The molecule has 0 saturated carbocycles. The van der Waals surface area contributed by atoms with Gasteiger partial charge in [-0.05, 0) is 24.6 Å². The fourth-order valence-corrected chi connectivity index (χ4v) is 2.24. The van der Waals surface area contributed by atoms with Crippen LogP contribution >= 0.6 is 0 Å². The molecule has 0 aromatic heterocycles. The second-order valence-electron chi connectivity index (χ2n) is 4.89. The highest BCUT2D eigenvalue weighted by molar-refractivity contribution is 5.94. The van der Waals surface area contributed by atoms with Gasteiger partial charge < -0.3 is 25.8 Å². The number of rotatable bonds is 5. The average molecular weight is 319 g/mol. The lowest BCUT2D eigenvalue weighted by molar-refractivity contribution is -0.136. The molecule has 1 aromatic carbocycles. The molecule has 4 N–H and O–H groups in total. The van der Waals surface area contributed by atoms with Gasteiger partial charge in [0, 0.05) is 5.70 Å². The summed E-state index contributed by atoms with van der Waals surface area (Å²) in [7, 11) is 1.27. The van der Waals surface area contributed by atoms with Crippen LogP contribution in [0.3, 0.4) is 0 Å². The number of carbonyl (C=O) groups is 3. The lowest BCUT2D eigenvalue weighted by Crippen LogP contribution is -2.45. The normalized spacial score (nSPS) is 17.1. The van der Waals surface area contributed by atoms with E-state index in [0.29, 0.717) is 22.6 Å². The third-order valence-electron chi connectivity index (χ3n) is 3.27. The minimum atomic E-state index is -0.638. The summed E-state index contributed by atoms with van der Waals surface area (Å²) < 4.78 is 9.94. The molecule has 1 atom stereocenters. The zero-order valence-corrected chi connectivity index (χ0v) is 12.7. The first-order valence-electron chi connectivity index (χ1n) is 6.80. The topological polar surface area (TPSA) is 120 Å². The summed E-state index contributed by atoms with van der Waals surface area (Å²) in [6, 6.07) is 5.56. The Morgan fingerprint density at radius 3 is 2.48 bits per heavy atom. The monoisotopic (exact) mass is 319 g/mol. The Kier molecular flexibility index (Phi) is 4.85. The highest BCUT2D eigenvalue weighted by Gasteiger charge is 2.31. The predicted octanol–water partition coefficient (Wildman–Crippen LogP) is 0.352. The van der Waals surface area contributed by atoms with Gasteiger partial charge in [-0.1, -0.05) is 12.1 Å². The van der Waals surface area contributed by atoms with Crippen molar-refractivity contribution in [2.75, 3.05) is 13.7 Å². The van der Waals surface area contributed by atoms with Crippen LogP contribution in [0, 0.1) is 0 Å². The molecule has 8 heteroatoms. The highest BCUT2D eigenvalue weighted by atomic mass is 16.5. The first-order chi connectivity index (χ1) is 10.9. The minimum absolute atomic E-state index is 0.226. The van der Waals surface area contributed by atoms with Crippen LogP contribution in [-0.2, 0) is 14.3 Å². The van der Waals surface area contributed by atoms with Crippen LogP contribution in [0.4, 0.5) is 4.79 Å². The summed E-state index contributed by atoms with van der Waals surface area (Å²) in [5.41, 5.74) is 6.43. The Balaban J connectivity index is 2.27. The number of allylic oxidation sites excluding steroid dienone is 1. The third kappa shape index (κ3) is 3.79. The molecule has 0 saturated heterocycles. The average Bonchev–Trinajstić information content (AvgIpc) is 2.52. The van der Waals surface area contributed by atoms with E-state index < -0.39 is 23.9 Å². The molecule has 122 valence electrons. The van der Waals surface area contributed by atoms with Gasteiger partial charge in [0.1, 0.15) is 5.75 Å². The molecule has 8 nitrogen and oxygen atoms in total. The van der Waals surface area contributed by atoms with Gasteiger partial charge in [-0.15, -0.1) is 0 Å². The quantitative estimate of drug-likeness (QED) is 0.677. The number of methoxy groups -OCH3 is 1. The number of nitrogens with one attached hydrogen (secondary N) is 2. The van der Waals surface area contributed by atoms with Crippen molar-refractivity contribution in [3.8, 4) is 5.75 Å². The van der Waals surface area contributed by atoms with E-state index in [1.165, 1.54) is 7.11 Å². The number of urea groups is 1. The molecule has 0 fully saturated rings. The molecule has 0 aliphatic carbocycles. The van der Waals surface area contributed by atoms with Crippen molar-refractivity contribution in [2.45, 2.75) is 13.0 Å². The van der Waals surface area contributed by atoms with Crippen molar-refractivity contribution in [3.05, 3.63) is 41.1 Å². The standard InChI is InChI=1S/C15H17N3O5/c1-8-12(14(20)22-2)13(18-15(21)17-8)9-3-5-10(6-4-9)23-7-11(16)19/h3-6,13H,7H2,1-2H3,(H2,16,19)(H2,17,18,21)/t13-/m0/s1. The maximum atomic E-state index is 12.0. The fraction of sp³-hybridized carbons (Fsp3) is 0.267. The molecule has 0 spiro atoms. The molecule has 0 unspecified atom stereocenters. The second-order valence-corrected chi connectivity index (χ2v) is 4.89. The number of hydrogen-bond donors (Lipinski definition) is 3. The van der Waals surface area contributed by atoms with Crippen LogP contribution in [-0.4, -0.2) is 31.6 Å². The van der Waals surface area contributed by atoms with E-state index in [2.05, 4.69) is 10.6 Å². The largest absolute Gasteiger partial charge is 0.484 e. The molecular weight excluding hydrogens is 302 g/mol.